The van der Waals surface area contributed by atoms with Crippen molar-refractivity contribution >= 4 is 23.4 Å². The standard InChI is InChI=1S/C12H16N2OS/c1-3-8-16-11-7-5-4-6-10(11)14-12(15)9-13-2/h3-7,13H,1,8-9H2,2H3,(H,14,15). The van der Waals surface area contributed by atoms with Crippen LogP contribution in [0.5, 0.6) is 0 Å². The minimum Gasteiger partial charge on any atom is -0.324 e. The molecule has 0 radical (unpaired) electrons. The van der Waals surface area contributed by atoms with Crippen molar-refractivity contribution < 1.29 is 4.79 Å². The maximum Gasteiger partial charge on any atom is 0.238 e. The van der Waals surface area contributed by atoms with Gasteiger partial charge in [0.2, 0.25) is 5.91 Å². The van der Waals surface area contributed by atoms with Crippen molar-refractivity contribution in [2.75, 3.05) is 24.7 Å². The Morgan fingerprint density at radius 1 is 1.50 bits per heavy atom. The third-order valence-electron chi connectivity index (χ3n) is 1.86. The van der Waals surface area contributed by atoms with Crippen molar-refractivity contribution in [1.29, 1.82) is 0 Å². The summed E-state index contributed by atoms with van der Waals surface area (Å²) in [5.74, 6) is 0.799. The second-order valence-corrected chi connectivity index (χ2v) is 4.24. The number of likely N-dealkylation sites (N-methyl/N-ethyl adjacent to an activating group) is 1. The Kier molecular flexibility index (Phi) is 5.67. The highest BCUT2D eigenvalue weighted by Gasteiger charge is 2.05. The average molecular weight is 236 g/mol. The summed E-state index contributed by atoms with van der Waals surface area (Å²) >= 11 is 1.65. The predicted molar refractivity (Wildman–Crippen MR) is 69.9 cm³/mol. The molecule has 0 saturated heterocycles. The highest BCUT2D eigenvalue weighted by Crippen LogP contribution is 2.26. The smallest absolute Gasteiger partial charge is 0.238 e. The number of carbonyl (C=O) groups is 1. The van der Waals surface area contributed by atoms with Gasteiger partial charge in [0.25, 0.3) is 0 Å². The lowest BCUT2D eigenvalue weighted by Gasteiger charge is -2.09. The van der Waals surface area contributed by atoms with E-state index < -0.39 is 0 Å². The van der Waals surface area contributed by atoms with E-state index in [1.54, 1.807) is 18.8 Å². The summed E-state index contributed by atoms with van der Waals surface area (Å²) in [7, 11) is 1.75. The first-order chi connectivity index (χ1) is 7.77. The molecule has 0 bridgehead atoms. The van der Waals surface area contributed by atoms with Gasteiger partial charge in [-0.3, -0.25) is 4.79 Å². The van der Waals surface area contributed by atoms with Crippen LogP contribution in [0.4, 0.5) is 5.69 Å². The molecule has 0 unspecified atom stereocenters. The number of hydrogen-bond acceptors (Lipinski definition) is 3. The molecule has 0 aliphatic carbocycles. The summed E-state index contributed by atoms with van der Waals surface area (Å²) < 4.78 is 0. The molecule has 0 atom stereocenters. The van der Waals surface area contributed by atoms with E-state index in [1.807, 2.05) is 30.3 Å². The number of benzene rings is 1. The molecular weight excluding hydrogens is 220 g/mol. The molecule has 16 heavy (non-hydrogen) atoms. The average Bonchev–Trinajstić information content (AvgIpc) is 2.28. The van der Waals surface area contributed by atoms with Crippen LogP contribution < -0.4 is 10.6 Å². The van der Waals surface area contributed by atoms with Crippen LogP contribution in [0.3, 0.4) is 0 Å². The van der Waals surface area contributed by atoms with Crippen LogP contribution in [0.15, 0.2) is 41.8 Å². The van der Waals surface area contributed by atoms with Crippen LogP contribution in [0.25, 0.3) is 0 Å². The van der Waals surface area contributed by atoms with Crippen LogP contribution >= 0.6 is 11.8 Å². The Labute approximate surface area is 100 Å². The maximum atomic E-state index is 11.4. The Hall–Kier alpha value is -1.26. The number of thioether (sulfide) groups is 1. The molecule has 3 nitrogen and oxygen atoms in total. The lowest BCUT2D eigenvalue weighted by molar-refractivity contribution is -0.115. The van der Waals surface area contributed by atoms with Gasteiger partial charge in [-0.1, -0.05) is 18.2 Å². The SMILES string of the molecule is C=CCSc1ccccc1NC(=O)CNC. The monoisotopic (exact) mass is 236 g/mol. The topological polar surface area (TPSA) is 41.1 Å². The van der Waals surface area contributed by atoms with Gasteiger partial charge in [0.1, 0.15) is 0 Å². The molecule has 4 heteroatoms. The minimum atomic E-state index is -0.0332. The zero-order valence-corrected chi connectivity index (χ0v) is 10.1. The van der Waals surface area contributed by atoms with E-state index in [0.717, 1.165) is 16.3 Å². The summed E-state index contributed by atoms with van der Waals surface area (Å²) in [6.07, 6.45) is 1.84. The van der Waals surface area contributed by atoms with Crippen LogP contribution in [-0.4, -0.2) is 25.3 Å². The number of rotatable bonds is 6. The van der Waals surface area contributed by atoms with Gasteiger partial charge >= 0.3 is 0 Å². The van der Waals surface area contributed by atoms with Gasteiger partial charge in [0, 0.05) is 10.6 Å². The molecule has 0 spiro atoms. The number of nitrogens with one attached hydrogen (secondary N) is 2. The van der Waals surface area contributed by atoms with Gasteiger partial charge in [-0.25, -0.2) is 0 Å². The number of para-hydroxylation sites is 1. The van der Waals surface area contributed by atoms with Crippen LogP contribution in [0.2, 0.25) is 0 Å². The van der Waals surface area contributed by atoms with Gasteiger partial charge < -0.3 is 10.6 Å². The Balaban J connectivity index is 2.70. The van der Waals surface area contributed by atoms with Crippen molar-refractivity contribution in [2.24, 2.45) is 0 Å². The third-order valence-corrected chi connectivity index (χ3v) is 2.92. The van der Waals surface area contributed by atoms with Gasteiger partial charge in [0.05, 0.1) is 12.2 Å². The molecule has 0 saturated carbocycles. The normalized spacial score (nSPS) is 9.81. The summed E-state index contributed by atoms with van der Waals surface area (Å²) in [5, 5.41) is 5.68. The first-order valence-electron chi connectivity index (χ1n) is 5.05. The van der Waals surface area contributed by atoms with E-state index in [4.69, 9.17) is 0 Å². The molecule has 1 rings (SSSR count). The quantitative estimate of drug-likeness (QED) is 0.587. The Bertz CT molecular complexity index is 366. The van der Waals surface area contributed by atoms with E-state index in [9.17, 15) is 4.79 Å². The van der Waals surface area contributed by atoms with E-state index in [2.05, 4.69) is 17.2 Å². The van der Waals surface area contributed by atoms with Gasteiger partial charge in [0.15, 0.2) is 0 Å². The molecule has 0 aromatic heterocycles. The van der Waals surface area contributed by atoms with Gasteiger partial charge in [-0.05, 0) is 19.2 Å². The molecule has 1 aromatic rings. The number of amides is 1. The Morgan fingerprint density at radius 2 is 2.25 bits per heavy atom. The molecule has 1 aromatic carbocycles. The lowest BCUT2D eigenvalue weighted by Crippen LogP contribution is -2.25. The molecule has 1 amide bonds. The van der Waals surface area contributed by atoms with E-state index >= 15 is 0 Å². The van der Waals surface area contributed by atoms with Crippen LogP contribution in [0.1, 0.15) is 0 Å². The first-order valence-corrected chi connectivity index (χ1v) is 6.03. The molecule has 0 fully saturated rings. The van der Waals surface area contributed by atoms with Gasteiger partial charge in [-0.2, -0.15) is 0 Å². The van der Waals surface area contributed by atoms with Gasteiger partial charge in [-0.15, -0.1) is 18.3 Å². The zero-order valence-electron chi connectivity index (χ0n) is 9.32. The van der Waals surface area contributed by atoms with Crippen molar-refractivity contribution in [3.63, 3.8) is 0 Å². The summed E-state index contributed by atoms with van der Waals surface area (Å²) in [4.78, 5) is 12.5. The first kappa shape index (κ1) is 12.8. The number of hydrogen-bond donors (Lipinski definition) is 2. The summed E-state index contributed by atoms with van der Waals surface area (Å²) in [6, 6.07) is 7.76. The molecule has 2 N–H and O–H groups in total. The van der Waals surface area contributed by atoms with E-state index in [1.165, 1.54) is 0 Å². The van der Waals surface area contributed by atoms with E-state index in [-0.39, 0.29) is 5.91 Å². The van der Waals surface area contributed by atoms with Crippen molar-refractivity contribution in [3.8, 4) is 0 Å². The van der Waals surface area contributed by atoms with Crippen LogP contribution in [0, 0.1) is 0 Å². The summed E-state index contributed by atoms with van der Waals surface area (Å²) in [6.45, 7) is 4.00. The van der Waals surface area contributed by atoms with E-state index in [0.29, 0.717) is 6.54 Å². The zero-order chi connectivity index (χ0) is 11.8. The number of carbonyl (C=O) groups excluding carboxylic acids is 1. The molecule has 0 aliphatic heterocycles. The Morgan fingerprint density at radius 3 is 2.94 bits per heavy atom. The third kappa shape index (κ3) is 4.08. The molecular formula is C12H16N2OS. The lowest BCUT2D eigenvalue weighted by atomic mass is 10.3. The fourth-order valence-electron chi connectivity index (χ4n) is 1.20. The fraction of sp³-hybridized carbons (Fsp3) is 0.250. The molecule has 0 aliphatic rings. The van der Waals surface area contributed by atoms with Crippen molar-refractivity contribution in [2.45, 2.75) is 4.90 Å². The van der Waals surface area contributed by atoms with Crippen molar-refractivity contribution in [3.05, 3.63) is 36.9 Å². The van der Waals surface area contributed by atoms with Crippen molar-refractivity contribution in [1.82, 2.24) is 5.32 Å². The predicted octanol–water partition coefficient (Wildman–Crippen LogP) is 2.12. The summed E-state index contributed by atoms with van der Waals surface area (Å²) in [5.41, 5.74) is 0.856. The van der Waals surface area contributed by atoms with Crippen LogP contribution in [-0.2, 0) is 4.79 Å². The second kappa shape index (κ2) is 7.09. The fourth-order valence-corrected chi connectivity index (χ4v) is 1.95. The highest BCUT2D eigenvalue weighted by atomic mass is 32.2. The second-order valence-electron chi connectivity index (χ2n) is 3.17. The maximum absolute atomic E-state index is 11.4. The molecule has 86 valence electrons. The highest BCUT2D eigenvalue weighted by molar-refractivity contribution is 7.99. The minimum absolute atomic E-state index is 0.0332. The molecule has 0 heterocycles. The largest absolute Gasteiger partial charge is 0.324 e. The number of anilines is 1.